The first kappa shape index (κ1) is 13.8. The number of hydrogen-bond acceptors (Lipinski definition) is 2. The van der Waals surface area contributed by atoms with Crippen LogP contribution in [0.2, 0.25) is 0 Å². The smallest absolute Gasteiger partial charge is 0.319 e. The standard InChI is InChI=1S/C12H22N2O3/c1-3-14(9-10-6-7-10)12(17)13(2)8-4-5-11(15)16/h10H,3-9H2,1-2H3,(H,15,16). The highest BCUT2D eigenvalue weighted by Gasteiger charge is 2.27. The summed E-state index contributed by atoms with van der Waals surface area (Å²) in [6.07, 6.45) is 3.09. The average Bonchev–Trinajstić information content (AvgIpc) is 3.08. The summed E-state index contributed by atoms with van der Waals surface area (Å²) in [4.78, 5) is 25.9. The Balaban J connectivity index is 2.29. The maximum absolute atomic E-state index is 12.0. The van der Waals surface area contributed by atoms with Crippen LogP contribution in [0.1, 0.15) is 32.6 Å². The predicted molar refractivity (Wildman–Crippen MR) is 64.9 cm³/mol. The molecule has 0 atom stereocenters. The molecule has 0 bridgehead atoms. The van der Waals surface area contributed by atoms with E-state index in [1.54, 1.807) is 11.9 Å². The Morgan fingerprint density at radius 2 is 2.00 bits per heavy atom. The van der Waals surface area contributed by atoms with E-state index in [1.165, 1.54) is 12.8 Å². The van der Waals surface area contributed by atoms with Gasteiger partial charge in [-0.15, -0.1) is 0 Å². The third-order valence-corrected chi connectivity index (χ3v) is 3.04. The van der Waals surface area contributed by atoms with Crippen LogP contribution in [0, 0.1) is 5.92 Å². The van der Waals surface area contributed by atoms with Gasteiger partial charge in [0.15, 0.2) is 0 Å². The monoisotopic (exact) mass is 242 g/mol. The summed E-state index contributed by atoms with van der Waals surface area (Å²) in [6.45, 7) is 4.05. The van der Waals surface area contributed by atoms with Crippen LogP contribution < -0.4 is 0 Å². The van der Waals surface area contributed by atoms with Gasteiger partial charge in [0.1, 0.15) is 0 Å². The molecule has 1 N–H and O–H groups in total. The highest BCUT2D eigenvalue weighted by atomic mass is 16.4. The number of hydrogen-bond donors (Lipinski definition) is 1. The number of amides is 2. The van der Waals surface area contributed by atoms with Gasteiger partial charge in [0, 0.05) is 33.1 Å². The highest BCUT2D eigenvalue weighted by molar-refractivity contribution is 5.74. The van der Waals surface area contributed by atoms with Crippen molar-refractivity contribution in [3.8, 4) is 0 Å². The van der Waals surface area contributed by atoms with Gasteiger partial charge in [-0.3, -0.25) is 4.79 Å². The van der Waals surface area contributed by atoms with E-state index in [2.05, 4.69) is 0 Å². The number of carboxylic acids is 1. The Morgan fingerprint density at radius 1 is 1.35 bits per heavy atom. The minimum atomic E-state index is -0.809. The van der Waals surface area contributed by atoms with Crippen LogP contribution in [0.4, 0.5) is 4.79 Å². The van der Waals surface area contributed by atoms with E-state index in [0.717, 1.165) is 13.1 Å². The van der Waals surface area contributed by atoms with E-state index in [9.17, 15) is 9.59 Å². The van der Waals surface area contributed by atoms with Gasteiger partial charge < -0.3 is 14.9 Å². The van der Waals surface area contributed by atoms with E-state index < -0.39 is 5.97 Å². The number of nitrogens with zero attached hydrogens (tertiary/aromatic N) is 2. The first-order valence-electron chi connectivity index (χ1n) is 6.26. The molecule has 0 spiro atoms. The molecule has 0 aromatic carbocycles. The van der Waals surface area contributed by atoms with Crippen molar-refractivity contribution in [1.82, 2.24) is 9.80 Å². The lowest BCUT2D eigenvalue weighted by Crippen LogP contribution is -2.42. The predicted octanol–water partition coefficient (Wildman–Crippen LogP) is 1.63. The third kappa shape index (κ3) is 5.06. The summed E-state index contributed by atoms with van der Waals surface area (Å²) in [5.74, 6) is -0.123. The number of urea groups is 1. The Hall–Kier alpha value is -1.26. The van der Waals surface area contributed by atoms with Crippen LogP contribution in [0.25, 0.3) is 0 Å². The Bertz CT molecular complexity index is 277. The highest BCUT2D eigenvalue weighted by Crippen LogP contribution is 2.29. The summed E-state index contributed by atoms with van der Waals surface area (Å²) in [5, 5.41) is 8.53. The molecule has 1 aliphatic rings. The van der Waals surface area contributed by atoms with Gasteiger partial charge >= 0.3 is 12.0 Å². The summed E-state index contributed by atoms with van der Waals surface area (Å²) in [5.41, 5.74) is 0. The third-order valence-electron chi connectivity index (χ3n) is 3.04. The minimum absolute atomic E-state index is 0.0183. The minimum Gasteiger partial charge on any atom is -0.481 e. The van der Waals surface area contributed by atoms with Crippen LogP contribution in [0.5, 0.6) is 0 Å². The molecule has 0 aromatic rings. The van der Waals surface area contributed by atoms with Gasteiger partial charge in [-0.2, -0.15) is 0 Å². The van der Waals surface area contributed by atoms with Gasteiger partial charge in [-0.05, 0) is 32.1 Å². The Morgan fingerprint density at radius 3 is 2.47 bits per heavy atom. The lowest BCUT2D eigenvalue weighted by molar-refractivity contribution is -0.137. The first-order chi connectivity index (χ1) is 8.04. The molecule has 1 saturated carbocycles. The summed E-state index contributed by atoms with van der Waals surface area (Å²) >= 11 is 0. The molecule has 1 rings (SSSR count). The molecule has 2 amide bonds. The van der Waals surface area contributed by atoms with Crippen molar-refractivity contribution >= 4 is 12.0 Å². The molecule has 0 aromatic heterocycles. The second-order valence-corrected chi connectivity index (χ2v) is 4.68. The molecule has 1 aliphatic carbocycles. The number of aliphatic carboxylic acids is 1. The number of rotatable bonds is 7. The maximum Gasteiger partial charge on any atom is 0.319 e. The zero-order chi connectivity index (χ0) is 12.8. The zero-order valence-corrected chi connectivity index (χ0v) is 10.7. The summed E-state index contributed by atoms with van der Waals surface area (Å²) in [6, 6.07) is 0.0183. The summed E-state index contributed by atoms with van der Waals surface area (Å²) in [7, 11) is 1.74. The van der Waals surface area contributed by atoms with Gasteiger partial charge in [-0.1, -0.05) is 0 Å². The van der Waals surface area contributed by atoms with E-state index >= 15 is 0 Å². The molecule has 0 radical (unpaired) electrons. The molecule has 1 fully saturated rings. The molecule has 0 aliphatic heterocycles. The molecule has 5 nitrogen and oxygen atoms in total. The molecule has 0 heterocycles. The van der Waals surface area contributed by atoms with Gasteiger partial charge in [0.25, 0.3) is 0 Å². The lowest BCUT2D eigenvalue weighted by atomic mass is 10.3. The molecule has 98 valence electrons. The van der Waals surface area contributed by atoms with E-state index in [-0.39, 0.29) is 12.5 Å². The van der Waals surface area contributed by atoms with E-state index in [4.69, 9.17) is 5.11 Å². The van der Waals surface area contributed by atoms with Gasteiger partial charge in [-0.25, -0.2) is 4.79 Å². The first-order valence-corrected chi connectivity index (χ1v) is 6.26. The zero-order valence-electron chi connectivity index (χ0n) is 10.7. The van der Waals surface area contributed by atoms with Crippen LogP contribution in [0.15, 0.2) is 0 Å². The number of carbonyl (C=O) groups is 2. The second-order valence-electron chi connectivity index (χ2n) is 4.68. The van der Waals surface area contributed by atoms with Crippen molar-refractivity contribution in [3.63, 3.8) is 0 Å². The van der Waals surface area contributed by atoms with E-state index in [0.29, 0.717) is 18.9 Å². The topological polar surface area (TPSA) is 60.9 Å². The van der Waals surface area contributed by atoms with Gasteiger partial charge in [0.2, 0.25) is 0 Å². The van der Waals surface area contributed by atoms with Crippen LogP contribution in [-0.4, -0.2) is 53.6 Å². The second kappa shape index (κ2) is 6.47. The van der Waals surface area contributed by atoms with Crippen LogP contribution >= 0.6 is 0 Å². The van der Waals surface area contributed by atoms with Crippen molar-refractivity contribution in [2.24, 2.45) is 5.92 Å². The fourth-order valence-electron chi connectivity index (χ4n) is 1.76. The van der Waals surface area contributed by atoms with Gasteiger partial charge in [0.05, 0.1) is 0 Å². The maximum atomic E-state index is 12.0. The lowest BCUT2D eigenvalue weighted by Gasteiger charge is -2.27. The number of carboxylic acid groups (broad SMARTS) is 1. The average molecular weight is 242 g/mol. The van der Waals surface area contributed by atoms with Crippen molar-refractivity contribution in [2.75, 3.05) is 26.7 Å². The SMILES string of the molecule is CCN(CC1CC1)C(=O)N(C)CCCC(=O)O. The van der Waals surface area contributed by atoms with Crippen molar-refractivity contribution in [3.05, 3.63) is 0 Å². The fraction of sp³-hybridized carbons (Fsp3) is 0.833. The molecule has 0 unspecified atom stereocenters. The Labute approximate surface area is 102 Å². The number of carbonyl (C=O) groups excluding carboxylic acids is 1. The summed E-state index contributed by atoms with van der Waals surface area (Å²) < 4.78 is 0. The molecule has 5 heteroatoms. The van der Waals surface area contributed by atoms with Crippen molar-refractivity contribution < 1.29 is 14.7 Å². The van der Waals surface area contributed by atoms with Crippen molar-refractivity contribution in [2.45, 2.75) is 32.6 Å². The van der Waals surface area contributed by atoms with Crippen LogP contribution in [-0.2, 0) is 4.79 Å². The normalized spacial score (nSPS) is 14.5. The van der Waals surface area contributed by atoms with E-state index in [1.807, 2.05) is 11.8 Å². The molecular formula is C12H22N2O3. The van der Waals surface area contributed by atoms with Crippen LogP contribution in [0.3, 0.4) is 0 Å². The van der Waals surface area contributed by atoms with Crippen molar-refractivity contribution in [1.29, 1.82) is 0 Å². The quantitative estimate of drug-likeness (QED) is 0.738. The Kier molecular flexibility index (Phi) is 5.25. The molecular weight excluding hydrogens is 220 g/mol. The largest absolute Gasteiger partial charge is 0.481 e. The molecule has 17 heavy (non-hydrogen) atoms. The molecule has 0 saturated heterocycles. The fourth-order valence-corrected chi connectivity index (χ4v) is 1.76.